The number of aliphatic hydroxyl groups excluding tert-OH is 1. The molecule has 1 aliphatic carbocycles. The minimum absolute atomic E-state index is 0.0694. The van der Waals surface area contributed by atoms with Gasteiger partial charge >= 0.3 is 6.03 Å². The van der Waals surface area contributed by atoms with Crippen molar-refractivity contribution in [2.24, 2.45) is 5.92 Å². The molecule has 1 saturated carbocycles. The van der Waals surface area contributed by atoms with E-state index in [9.17, 15) is 9.90 Å². The Morgan fingerprint density at radius 2 is 2.25 bits per heavy atom. The Balaban J connectivity index is 2.32. The molecule has 94 valence electrons. The zero-order valence-corrected chi connectivity index (χ0v) is 10.6. The third-order valence-electron chi connectivity index (χ3n) is 3.15. The molecule has 2 amide bonds. The van der Waals surface area contributed by atoms with Crippen molar-refractivity contribution in [2.75, 3.05) is 13.6 Å². The molecule has 0 saturated heterocycles. The minimum atomic E-state index is -0.471. The van der Waals surface area contributed by atoms with E-state index in [0.29, 0.717) is 18.5 Å². The fourth-order valence-corrected chi connectivity index (χ4v) is 2.33. The number of hydrogen-bond donors (Lipinski definition) is 2. The first-order valence-electron chi connectivity index (χ1n) is 6.18. The fraction of sp³-hybridized carbons (Fsp3) is 0.917. The lowest BCUT2D eigenvalue weighted by molar-refractivity contribution is 0.140. The SMILES string of the molecule is CC(O)CN(C)C(=O)NC1CCCC(C)C1. The molecular formula is C12H24N2O2. The number of carbonyl (C=O) groups excluding carboxylic acids is 1. The highest BCUT2D eigenvalue weighted by Crippen LogP contribution is 2.23. The molecule has 2 N–H and O–H groups in total. The van der Waals surface area contributed by atoms with Crippen LogP contribution in [0.1, 0.15) is 39.5 Å². The van der Waals surface area contributed by atoms with Gasteiger partial charge in [-0.15, -0.1) is 0 Å². The van der Waals surface area contributed by atoms with Crippen LogP contribution in [0.2, 0.25) is 0 Å². The second-order valence-corrected chi connectivity index (χ2v) is 5.15. The highest BCUT2D eigenvalue weighted by Gasteiger charge is 2.21. The van der Waals surface area contributed by atoms with Crippen LogP contribution in [0.4, 0.5) is 4.79 Å². The summed E-state index contributed by atoms with van der Waals surface area (Å²) in [7, 11) is 1.72. The Bertz CT molecular complexity index is 231. The van der Waals surface area contributed by atoms with Gasteiger partial charge in [0.05, 0.1) is 6.10 Å². The third kappa shape index (κ3) is 4.39. The molecule has 0 radical (unpaired) electrons. The lowest BCUT2D eigenvalue weighted by atomic mass is 9.87. The molecule has 0 spiro atoms. The zero-order chi connectivity index (χ0) is 12.1. The largest absolute Gasteiger partial charge is 0.392 e. The van der Waals surface area contributed by atoms with Crippen LogP contribution in [-0.4, -0.2) is 41.8 Å². The quantitative estimate of drug-likeness (QED) is 0.770. The monoisotopic (exact) mass is 228 g/mol. The number of amides is 2. The Morgan fingerprint density at radius 3 is 2.81 bits per heavy atom. The van der Waals surface area contributed by atoms with E-state index in [1.165, 1.54) is 12.8 Å². The van der Waals surface area contributed by atoms with Crippen molar-refractivity contribution in [1.29, 1.82) is 0 Å². The molecule has 0 bridgehead atoms. The first kappa shape index (κ1) is 13.3. The average molecular weight is 228 g/mol. The lowest BCUT2D eigenvalue weighted by Crippen LogP contribution is -2.46. The van der Waals surface area contributed by atoms with Gasteiger partial charge < -0.3 is 15.3 Å². The number of hydrogen-bond acceptors (Lipinski definition) is 2. The van der Waals surface area contributed by atoms with Gasteiger partial charge in [0, 0.05) is 19.6 Å². The van der Waals surface area contributed by atoms with Gasteiger partial charge in [0.15, 0.2) is 0 Å². The molecule has 0 aromatic carbocycles. The van der Waals surface area contributed by atoms with Crippen molar-refractivity contribution in [3.8, 4) is 0 Å². The summed E-state index contributed by atoms with van der Waals surface area (Å²) in [5, 5.41) is 12.2. The normalized spacial score (nSPS) is 27.2. The minimum Gasteiger partial charge on any atom is -0.392 e. The Morgan fingerprint density at radius 1 is 1.56 bits per heavy atom. The molecule has 4 heteroatoms. The van der Waals surface area contributed by atoms with Crippen LogP contribution in [0.25, 0.3) is 0 Å². The van der Waals surface area contributed by atoms with Crippen LogP contribution in [-0.2, 0) is 0 Å². The second-order valence-electron chi connectivity index (χ2n) is 5.15. The Labute approximate surface area is 98.0 Å². The van der Waals surface area contributed by atoms with E-state index in [-0.39, 0.29) is 6.03 Å². The topological polar surface area (TPSA) is 52.6 Å². The van der Waals surface area contributed by atoms with Gasteiger partial charge in [-0.05, 0) is 25.7 Å². The smallest absolute Gasteiger partial charge is 0.317 e. The van der Waals surface area contributed by atoms with Crippen LogP contribution in [0.15, 0.2) is 0 Å². The summed E-state index contributed by atoms with van der Waals surface area (Å²) in [6.07, 6.45) is 4.16. The number of nitrogens with zero attached hydrogens (tertiary/aromatic N) is 1. The van der Waals surface area contributed by atoms with Gasteiger partial charge in [-0.2, -0.15) is 0 Å². The average Bonchev–Trinajstić information content (AvgIpc) is 2.16. The van der Waals surface area contributed by atoms with Crippen LogP contribution in [0, 0.1) is 5.92 Å². The van der Waals surface area contributed by atoms with Gasteiger partial charge in [-0.1, -0.05) is 19.8 Å². The maximum atomic E-state index is 11.8. The highest BCUT2D eigenvalue weighted by atomic mass is 16.3. The maximum absolute atomic E-state index is 11.8. The van der Waals surface area contributed by atoms with Crippen molar-refractivity contribution in [3.63, 3.8) is 0 Å². The van der Waals surface area contributed by atoms with Crippen molar-refractivity contribution in [2.45, 2.75) is 51.7 Å². The fourth-order valence-electron chi connectivity index (χ4n) is 2.33. The predicted molar refractivity (Wildman–Crippen MR) is 64.3 cm³/mol. The van der Waals surface area contributed by atoms with Crippen molar-refractivity contribution in [3.05, 3.63) is 0 Å². The van der Waals surface area contributed by atoms with Gasteiger partial charge in [0.1, 0.15) is 0 Å². The van der Waals surface area contributed by atoms with E-state index >= 15 is 0 Å². The van der Waals surface area contributed by atoms with Crippen molar-refractivity contribution >= 4 is 6.03 Å². The lowest BCUT2D eigenvalue weighted by Gasteiger charge is -2.29. The van der Waals surface area contributed by atoms with Gasteiger partial charge in [-0.3, -0.25) is 0 Å². The summed E-state index contributed by atoms with van der Waals surface area (Å²) in [4.78, 5) is 13.3. The first-order valence-corrected chi connectivity index (χ1v) is 6.18. The van der Waals surface area contributed by atoms with Crippen molar-refractivity contribution < 1.29 is 9.90 Å². The van der Waals surface area contributed by atoms with Crippen molar-refractivity contribution in [1.82, 2.24) is 10.2 Å². The predicted octanol–water partition coefficient (Wildman–Crippen LogP) is 1.59. The molecule has 1 fully saturated rings. The molecule has 16 heavy (non-hydrogen) atoms. The molecule has 0 heterocycles. The summed E-state index contributed by atoms with van der Waals surface area (Å²) < 4.78 is 0. The summed E-state index contributed by atoms with van der Waals surface area (Å²) in [5.41, 5.74) is 0. The van der Waals surface area contributed by atoms with E-state index in [0.717, 1.165) is 12.8 Å². The molecule has 0 aromatic heterocycles. The number of likely N-dealkylation sites (N-methyl/N-ethyl adjacent to an activating group) is 1. The molecule has 3 unspecified atom stereocenters. The van der Waals surface area contributed by atoms with E-state index in [2.05, 4.69) is 12.2 Å². The van der Waals surface area contributed by atoms with Crippen LogP contribution in [0.3, 0.4) is 0 Å². The van der Waals surface area contributed by atoms with E-state index in [1.807, 2.05) is 0 Å². The highest BCUT2D eigenvalue weighted by molar-refractivity contribution is 5.74. The maximum Gasteiger partial charge on any atom is 0.317 e. The number of urea groups is 1. The molecule has 3 atom stereocenters. The summed E-state index contributed by atoms with van der Waals surface area (Å²) in [6.45, 7) is 4.30. The Hall–Kier alpha value is -0.770. The van der Waals surface area contributed by atoms with Gasteiger partial charge in [0.25, 0.3) is 0 Å². The second kappa shape index (κ2) is 6.09. The van der Waals surface area contributed by atoms with E-state index in [1.54, 1.807) is 18.9 Å². The van der Waals surface area contributed by atoms with Gasteiger partial charge in [-0.25, -0.2) is 4.79 Å². The zero-order valence-electron chi connectivity index (χ0n) is 10.6. The third-order valence-corrected chi connectivity index (χ3v) is 3.15. The van der Waals surface area contributed by atoms with E-state index in [4.69, 9.17) is 0 Å². The van der Waals surface area contributed by atoms with Gasteiger partial charge in [0.2, 0.25) is 0 Å². The molecule has 1 rings (SSSR count). The standard InChI is InChI=1S/C12H24N2O2/c1-9-5-4-6-11(7-9)13-12(16)14(3)8-10(2)15/h9-11,15H,4-8H2,1-3H3,(H,13,16). The number of rotatable bonds is 3. The van der Waals surface area contributed by atoms with Crippen LogP contribution < -0.4 is 5.32 Å². The summed E-state index contributed by atoms with van der Waals surface area (Å²) in [6, 6.07) is 0.243. The number of carbonyl (C=O) groups is 1. The summed E-state index contributed by atoms with van der Waals surface area (Å²) >= 11 is 0. The molecular weight excluding hydrogens is 204 g/mol. The summed E-state index contributed by atoms with van der Waals surface area (Å²) in [5.74, 6) is 0.709. The molecule has 0 aliphatic heterocycles. The van der Waals surface area contributed by atoms with Crippen LogP contribution >= 0.6 is 0 Å². The molecule has 0 aromatic rings. The Kier molecular flexibility index (Phi) is 5.06. The first-order chi connectivity index (χ1) is 7.49. The van der Waals surface area contributed by atoms with E-state index < -0.39 is 6.10 Å². The molecule has 1 aliphatic rings. The number of aliphatic hydroxyl groups is 1. The number of nitrogens with one attached hydrogen (secondary N) is 1. The molecule has 4 nitrogen and oxygen atoms in total. The van der Waals surface area contributed by atoms with Crippen LogP contribution in [0.5, 0.6) is 0 Å².